The molecule has 2 rings (SSSR count). The highest BCUT2D eigenvalue weighted by molar-refractivity contribution is 5.94. The van der Waals surface area contributed by atoms with Crippen LogP contribution in [0.25, 0.3) is 10.9 Å². The minimum Gasteiger partial charge on any atom is -0.481 e. The number of rotatable bonds is 17. The molecule has 11 N–H and O–H groups in total. The molecule has 0 bridgehead atoms. The summed E-state index contributed by atoms with van der Waals surface area (Å²) >= 11 is 0. The quantitative estimate of drug-likeness (QED) is 0.106. The Morgan fingerprint density at radius 1 is 0.925 bits per heavy atom. The second kappa shape index (κ2) is 15.5. The van der Waals surface area contributed by atoms with Gasteiger partial charge in [0.25, 0.3) is 0 Å². The van der Waals surface area contributed by atoms with E-state index in [1.54, 1.807) is 12.3 Å². The highest BCUT2D eigenvalue weighted by Gasteiger charge is 2.33. The number of aromatic amines is 1. The number of unbranched alkanes of at least 4 members (excludes halogenated alkanes) is 1. The van der Waals surface area contributed by atoms with E-state index in [2.05, 4.69) is 20.9 Å². The molecule has 0 saturated heterocycles. The first-order valence-electron chi connectivity index (χ1n) is 13.0. The number of hydrogen-bond acceptors (Lipinski definition) is 8. The van der Waals surface area contributed by atoms with Gasteiger partial charge in [-0.05, 0) is 50.8 Å². The van der Waals surface area contributed by atoms with E-state index in [1.165, 1.54) is 6.92 Å². The predicted octanol–water partition coefficient (Wildman–Crippen LogP) is -1.05. The molecule has 0 fully saturated rings. The summed E-state index contributed by atoms with van der Waals surface area (Å²) in [6.45, 7) is 1.59. The van der Waals surface area contributed by atoms with Gasteiger partial charge in [0.15, 0.2) is 0 Å². The first-order chi connectivity index (χ1) is 18.9. The van der Waals surface area contributed by atoms with Gasteiger partial charge in [0.05, 0.1) is 12.1 Å². The number of carbonyl (C=O) groups is 5. The third-order valence-corrected chi connectivity index (χ3v) is 6.36. The molecule has 2 aromatic rings. The van der Waals surface area contributed by atoms with Crippen molar-refractivity contribution < 1.29 is 39.3 Å². The number of amides is 3. The minimum atomic E-state index is -1.54. The van der Waals surface area contributed by atoms with Gasteiger partial charge in [-0.2, -0.15) is 0 Å². The smallest absolute Gasteiger partial charge is 0.326 e. The Labute approximate surface area is 230 Å². The van der Waals surface area contributed by atoms with Gasteiger partial charge in [-0.25, -0.2) is 4.79 Å². The maximum atomic E-state index is 13.1. The van der Waals surface area contributed by atoms with Gasteiger partial charge in [0.2, 0.25) is 17.7 Å². The Balaban J connectivity index is 2.13. The lowest BCUT2D eigenvalue weighted by Crippen LogP contribution is -2.60. The first kappa shape index (κ1) is 32.2. The van der Waals surface area contributed by atoms with Gasteiger partial charge < -0.3 is 47.7 Å². The summed E-state index contributed by atoms with van der Waals surface area (Å²) in [6.07, 6.45) is 0.803. The van der Waals surface area contributed by atoms with E-state index in [9.17, 15) is 34.2 Å². The topological polar surface area (TPSA) is 250 Å². The van der Waals surface area contributed by atoms with Crippen LogP contribution < -0.4 is 27.4 Å². The predicted molar refractivity (Wildman–Crippen MR) is 145 cm³/mol. The van der Waals surface area contributed by atoms with Crippen molar-refractivity contribution in [2.24, 2.45) is 11.5 Å². The molecule has 5 unspecified atom stereocenters. The van der Waals surface area contributed by atoms with Crippen LogP contribution in [0, 0.1) is 0 Å². The normalized spacial score (nSPS) is 14.9. The van der Waals surface area contributed by atoms with E-state index >= 15 is 0 Å². The van der Waals surface area contributed by atoms with Crippen molar-refractivity contribution in [3.05, 3.63) is 36.0 Å². The van der Waals surface area contributed by atoms with Crippen LogP contribution in [0.5, 0.6) is 0 Å². The summed E-state index contributed by atoms with van der Waals surface area (Å²) < 4.78 is 0. The van der Waals surface area contributed by atoms with Crippen LogP contribution in [0.1, 0.15) is 44.6 Å². The van der Waals surface area contributed by atoms with Crippen LogP contribution in [-0.4, -0.2) is 86.8 Å². The monoisotopic (exact) mass is 562 g/mol. The second-order valence-corrected chi connectivity index (χ2v) is 9.57. The van der Waals surface area contributed by atoms with Crippen molar-refractivity contribution >= 4 is 40.6 Å². The minimum absolute atomic E-state index is 0.0580. The largest absolute Gasteiger partial charge is 0.481 e. The summed E-state index contributed by atoms with van der Waals surface area (Å²) in [5, 5.41) is 36.9. The third-order valence-electron chi connectivity index (χ3n) is 6.36. The average Bonchev–Trinajstić information content (AvgIpc) is 3.31. The molecule has 5 atom stereocenters. The lowest BCUT2D eigenvalue weighted by atomic mass is 10.0. The summed E-state index contributed by atoms with van der Waals surface area (Å²) in [7, 11) is 0. The molecule has 0 spiro atoms. The van der Waals surface area contributed by atoms with Crippen LogP contribution in [0.2, 0.25) is 0 Å². The molecule has 0 aliphatic rings. The number of benzene rings is 1. The maximum absolute atomic E-state index is 13.1. The highest BCUT2D eigenvalue weighted by Crippen LogP contribution is 2.19. The van der Waals surface area contributed by atoms with Crippen molar-refractivity contribution in [1.82, 2.24) is 20.9 Å². The first-order valence-corrected chi connectivity index (χ1v) is 13.0. The van der Waals surface area contributed by atoms with Crippen LogP contribution in [0.3, 0.4) is 0 Å². The lowest BCUT2D eigenvalue weighted by molar-refractivity contribution is -0.143. The molecule has 1 heterocycles. The summed E-state index contributed by atoms with van der Waals surface area (Å²) in [4.78, 5) is 64.4. The molecule has 0 aliphatic heterocycles. The molecule has 14 heteroatoms. The van der Waals surface area contributed by atoms with Crippen molar-refractivity contribution in [2.45, 2.75) is 75.7 Å². The zero-order valence-electron chi connectivity index (χ0n) is 22.3. The molecule has 3 amide bonds. The number of aliphatic hydroxyl groups excluding tert-OH is 1. The molecule has 40 heavy (non-hydrogen) atoms. The number of fused-ring (bicyclic) bond motifs is 1. The summed E-state index contributed by atoms with van der Waals surface area (Å²) in [5.41, 5.74) is 12.7. The second-order valence-electron chi connectivity index (χ2n) is 9.57. The molecule has 0 radical (unpaired) electrons. The Hall–Kier alpha value is -4.01. The maximum Gasteiger partial charge on any atom is 0.326 e. The molecule has 0 aliphatic carbocycles. The van der Waals surface area contributed by atoms with E-state index in [0.717, 1.165) is 10.9 Å². The molecule has 14 nitrogen and oxygen atoms in total. The fourth-order valence-electron chi connectivity index (χ4n) is 4.09. The molecule has 1 aromatic carbocycles. The molecule has 0 saturated carbocycles. The van der Waals surface area contributed by atoms with Crippen LogP contribution in [-0.2, 0) is 30.4 Å². The average molecular weight is 563 g/mol. The molecule has 1 aromatic heterocycles. The van der Waals surface area contributed by atoms with Gasteiger partial charge >= 0.3 is 11.9 Å². The molecular formula is C26H38N6O8. The Bertz CT molecular complexity index is 1180. The number of para-hydroxylation sites is 1. The number of aliphatic hydroxyl groups is 1. The number of carboxylic acids is 2. The van der Waals surface area contributed by atoms with E-state index in [0.29, 0.717) is 24.9 Å². The van der Waals surface area contributed by atoms with E-state index in [4.69, 9.17) is 16.6 Å². The molecule has 220 valence electrons. The fourth-order valence-corrected chi connectivity index (χ4v) is 4.09. The summed E-state index contributed by atoms with van der Waals surface area (Å²) in [5.74, 6) is -4.93. The van der Waals surface area contributed by atoms with Gasteiger partial charge in [0, 0.05) is 29.9 Å². The number of aliphatic carboxylic acids is 2. The number of hydrogen-bond donors (Lipinski definition) is 9. The van der Waals surface area contributed by atoms with Crippen LogP contribution in [0.15, 0.2) is 30.5 Å². The standard InChI is InChI=1S/C26H38N6O8/c1-14(33)22(25(38)31-20(26(39)40)12-15-13-29-18-7-3-2-6-16(15)18)32-24(37)19(8-4-5-11-27)30-23(36)17(28)9-10-21(34)35/h2-3,6-7,13-14,17,19-20,22,29,33H,4-5,8-12,27-28H2,1H3,(H,30,36)(H,31,38)(H,32,37)(H,34,35)(H,39,40). The van der Waals surface area contributed by atoms with Crippen molar-refractivity contribution in [2.75, 3.05) is 6.54 Å². The SMILES string of the molecule is CC(O)C(NC(=O)C(CCCCN)NC(=O)C(N)CCC(=O)O)C(=O)NC(Cc1c[nH]c2ccccc12)C(=O)O. The number of H-pyrrole nitrogens is 1. The van der Waals surface area contributed by atoms with Gasteiger partial charge in [-0.15, -0.1) is 0 Å². The number of nitrogens with one attached hydrogen (secondary N) is 4. The van der Waals surface area contributed by atoms with Gasteiger partial charge in [-0.1, -0.05) is 18.2 Å². The van der Waals surface area contributed by atoms with Crippen LogP contribution in [0.4, 0.5) is 0 Å². The number of aromatic nitrogens is 1. The summed E-state index contributed by atoms with van der Waals surface area (Å²) in [6, 6.07) is 2.02. The van der Waals surface area contributed by atoms with Crippen molar-refractivity contribution in [3.8, 4) is 0 Å². The van der Waals surface area contributed by atoms with Gasteiger partial charge in [-0.3, -0.25) is 19.2 Å². The Morgan fingerprint density at radius 2 is 1.60 bits per heavy atom. The van der Waals surface area contributed by atoms with Crippen molar-refractivity contribution in [3.63, 3.8) is 0 Å². The fraction of sp³-hybridized carbons (Fsp3) is 0.500. The zero-order chi connectivity index (χ0) is 29.8. The van der Waals surface area contributed by atoms with E-state index in [-0.39, 0.29) is 25.7 Å². The third kappa shape index (κ3) is 9.63. The van der Waals surface area contributed by atoms with Gasteiger partial charge in [0.1, 0.15) is 18.1 Å². The lowest BCUT2D eigenvalue weighted by Gasteiger charge is -2.26. The Morgan fingerprint density at radius 3 is 2.23 bits per heavy atom. The van der Waals surface area contributed by atoms with Crippen molar-refractivity contribution in [1.29, 1.82) is 0 Å². The van der Waals surface area contributed by atoms with E-state index in [1.807, 2.05) is 18.2 Å². The molecular weight excluding hydrogens is 524 g/mol. The van der Waals surface area contributed by atoms with E-state index < -0.39 is 59.9 Å². The highest BCUT2D eigenvalue weighted by atomic mass is 16.4. The number of nitrogens with two attached hydrogens (primary N) is 2. The zero-order valence-corrected chi connectivity index (χ0v) is 22.3. The Kier molecular flexibility index (Phi) is 12.5. The number of carbonyl (C=O) groups excluding carboxylic acids is 3. The number of carboxylic acid groups (broad SMARTS) is 2. The van der Waals surface area contributed by atoms with Crippen LogP contribution >= 0.6 is 0 Å².